The van der Waals surface area contributed by atoms with Crippen LogP contribution in [0.25, 0.3) is 11.0 Å². The van der Waals surface area contributed by atoms with Gasteiger partial charge < -0.3 is 15.1 Å². The Morgan fingerprint density at radius 3 is 2.76 bits per heavy atom. The van der Waals surface area contributed by atoms with E-state index in [-0.39, 0.29) is 24.3 Å². The number of likely N-dealkylation sites (N-methyl/N-ethyl adjacent to an activating group) is 1. The molecule has 1 spiro atoms. The second-order valence-electron chi connectivity index (χ2n) is 8.72. The number of piperidine rings is 1. The molecule has 9 nitrogen and oxygen atoms in total. The average molecular weight is 447 g/mol. The normalized spacial score (nSPS) is 17.0. The second-order valence-corrected chi connectivity index (χ2v) is 8.72. The molecule has 0 atom stereocenters. The Bertz CT molecular complexity index is 1260. The van der Waals surface area contributed by atoms with Gasteiger partial charge in [-0.2, -0.15) is 5.10 Å². The maximum atomic E-state index is 13.7. The van der Waals surface area contributed by atoms with Crippen LogP contribution in [0.4, 0.5) is 5.69 Å². The van der Waals surface area contributed by atoms with Gasteiger partial charge in [-0.3, -0.25) is 19.5 Å². The summed E-state index contributed by atoms with van der Waals surface area (Å²) in [4.78, 5) is 46.8. The molecule has 0 radical (unpaired) electrons. The summed E-state index contributed by atoms with van der Waals surface area (Å²) in [5.74, 6) is -0.327. The first kappa shape index (κ1) is 21.1. The Morgan fingerprint density at radius 1 is 1.21 bits per heavy atom. The van der Waals surface area contributed by atoms with Gasteiger partial charge in [0, 0.05) is 36.9 Å². The quantitative estimate of drug-likeness (QED) is 0.636. The highest BCUT2D eigenvalue weighted by Crippen LogP contribution is 2.49. The van der Waals surface area contributed by atoms with E-state index in [1.54, 1.807) is 28.3 Å². The van der Waals surface area contributed by atoms with Gasteiger partial charge in [0.1, 0.15) is 6.54 Å². The third-order valence-electron chi connectivity index (χ3n) is 6.79. The lowest BCUT2D eigenvalue weighted by atomic mass is 9.72. The number of nitrogens with one attached hydrogen (secondary N) is 2. The van der Waals surface area contributed by atoms with Crippen LogP contribution in [-0.4, -0.2) is 64.0 Å². The molecule has 2 N–H and O–H groups in total. The summed E-state index contributed by atoms with van der Waals surface area (Å²) in [5, 5.41) is 10.3. The molecule has 1 saturated heterocycles. The van der Waals surface area contributed by atoms with Gasteiger partial charge in [-0.05, 0) is 49.9 Å². The molecule has 170 valence electrons. The smallest absolute Gasteiger partial charge is 0.255 e. The highest BCUT2D eigenvalue weighted by molar-refractivity contribution is 6.11. The third-order valence-corrected chi connectivity index (χ3v) is 6.79. The number of hydrogen-bond acceptors (Lipinski definition) is 5. The molecule has 1 fully saturated rings. The fourth-order valence-corrected chi connectivity index (χ4v) is 5.22. The molecular formula is C24H26N6O3. The molecule has 0 bridgehead atoms. The van der Waals surface area contributed by atoms with Crippen LogP contribution in [0.15, 0.2) is 36.7 Å². The van der Waals surface area contributed by atoms with E-state index in [4.69, 9.17) is 0 Å². The summed E-state index contributed by atoms with van der Waals surface area (Å²) in [5.41, 5.74) is 3.27. The Labute approximate surface area is 191 Å². The monoisotopic (exact) mass is 446 g/mol. The number of aromatic nitrogens is 3. The van der Waals surface area contributed by atoms with Crippen LogP contribution in [0, 0.1) is 6.92 Å². The van der Waals surface area contributed by atoms with Gasteiger partial charge in [0.25, 0.3) is 5.91 Å². The summed E-state index contributed by atoms with van der Waals surface area (Å²) in [6, 6.07) is 7.62. The number of carbonyl (C=O) groups is 3. The molecule has 3 aromatic rings. The summed E-state index contributed by atoms with van der Waals surface area (Å²) in [7, 11) is 0. The van der Waals surface area contributed by atoms with Gasteiger partial charge in [-0.1, -0.05) is 12.1 Å². The molecule has 2 aromatic heterocycles. The van der Waals surface area contributed by atoms with Crippen LogP contribution in [0.5, 0.6) is 0 Å². The topological polar surface area (TPSA) is 111 Å². The number of anilines is 1. The Balaban J connectivity index is 1.40. The molecule has 2 aliphatic rings. The first-order chi connectivity index (χ1) is 15.9. The molecule has 1 aromatic carbocycles. The van der Waals surface area contributed by atoms with Crippen LogP contribution in [0.1, 0.15) is 41.3 Å². The highest BCUT2D eigenvalue weighted by atomic mass is 16.2. The first-order valence-electron chi connectivity index (χ1n) is 11.2. The minimum atomic E-state index is -0.712. The molecule has 33 heavy (non-hydrogen) atoms. The van der Waals surface area contributed by atoms with E-state index >= 15 is 0 Å². The molecule has 9 heteroatoms. The SMILES string of the molecule is CCNC(=O)CN1C(=O)C2(CCN(C(=O)c3cnc4[nH]ncc4c3)CC2)c2c(C)cccc21. The summed E-state index contributed by atoms with van der Waals surface area (Å²) in [6.45, 7) is 5.29. The number of carbonyl (C=O) groups excluding carboxylic acids is 3. The predicted molar refractivity (Wildman–Crippen MR) is 123 cm³/mol. The van der Waals surface area contributed by atoms with Crippen molar-refractivity contribution in [2.24, 2.45) is 0 Å². The number of H-pyrrole nitrogens is 1. The van der Waals surface area contributed by atoms with Gasteiger partial charge in [-0.25, -0.2) is 4.98 Å². The van der Waals surface area contributed by atoms with Gasteiger partial charge in [0.15, 0.2) is 5.65 Å². The van der Waals surface area contributed by atoms with Crippen LogP contribution in [-0.2, 0) is 15.0 Å². The first-order valence-corrected chi connectivity index (χ1v) is 11.2. The van der Waals surface area contributed by atoms with E-state index in [9.17, 15) is 14.4 Å². The van der Waals surface area contributed by atoms with Crippen molar-refractivity contribution in [1.29, 1.82) is 0 Å². The minimum Gasteiger partial charge on any atom is -0.355 e. The lowest BCUT2D eigenvalue weighted by Crippen LogP contribution is -2.51. The van der Waals surface area contributed by atoms with Crippen LogP contribution < -0.4 is 10.2 Å². The molecule has 0 unspecified atom stereocenters. The van der Waals surface area contributed by atoms with E-state index in [1.165, 1.54) is 0 Å². The standard InChI is InChI=1S/C24H26N6O3/c1-3-25-19(31)14-30-18-6-4-5-15(2)20(18)24(23(30)33)7-9-29(10-8-24)22(32)17-11-16-13-27-28-21(16)26-12-17/h4-6,11-13H,3,7-10,14H2,1-2H3,(H,25,31)(H,26,27,28). The number of nitrogens with zero attached hydrogens (tertiary/aromatic N) is 4. The van der Waals surface area contributed by atoms with E-state index in [0.29, 0.717) is 43.7 Å². The van der Waals surface area contributed by atoms with Crippen molar-refractivity contribution in [3.63, 3.8) is 0 Å². The zero-order chi connectivity index (χ0) is 23.2. The van der Waals surface area contributed by atoms with E-state index in [2.05, 4.69) is 20.5 Å². The fourth-order valence-electron chi connectivity index (χ4n) is 5.22. The second kappa shape index (κ2) is 7.99. The number of aromatic amines is 1. The largest absolute Gasteiger partial charge is 0.355 e. The van der Waals surface area contributed by atoms with Crippen LogP contribution >= 0.6 is 0 Å². The number of hydrogen-bond donors (Lipinski definition) is 2. The van der Waals surface area contributed by atoms with Crippen molar-refractivity contribution in [2.45, 2.75) is 32.1 Å². The summed E-state index contributed by atoms with van der Waals surface area (Å²) >= 11 is 0. The molecule has 0 aliphatic carbocycles. The van der Waals surface area contributed by atoms with E-state index in [1.807, 2.05) is 32.0 Å². The maximum Gasteiger partial charge on any atom is 0.255 e. The number of fused-ring (bicyclic) bond motifs is 3. The molecule has 3 amide bonds. The zero-order valence-corrected chi connectivity index (χ0v) is 18.7. The molecule has 2 aliphatic heterocycles. The van der Waals surface area contributed by atoms with Crippen molar-refractivity contribution in [3.05, 3.63) is 53.3 Å². The fraction of sp³-hybridized carbons (Fsp3) is 0.375. The number of amides is 3. The lowest BCUT2D eigenvalue weighted by Gasteiger charge is -2.39. The zero-order valence-electron chi connectivity index (χ0n) is 18.7. The van der Waals surface area contributed by atoms with Crippen LogP contribution in [0.2, 0.25) is 0 Å². The van der Waals surface area contributed by atoms with Crippen molar-refractivity contribution < 1.29 is 14.4 Å². The van der Waals surface area contributed by atoms with Gasteiger partial charge in [0.2, 0.25) is 11.8 Å². The maximum absolute atomic E-state index is 13.7. The molecule has 5 rings (SSSR count). The average Bonchev–Trinajstić information content (AvgIpc) is 3.37. The molecule has 4 heterocycles. The van der Waals surface area contributed by atoms with Gasteiger partial charge >= 0.3 is 0 Å². The Morgan fingerprint density at radius 2 is 2.00 bits per heavy atom. The van der Waals surface area contributed by atoms with Crippen molar-refractivity contribution >= 4 is 34.4 Å². The molecule has 0 saturated carbocycles. The predicted octanol–water partition coefficient (Wildman–Crippen LogP) is 1.92. The van der Waals surface area contributed by atoms with Gasteiger partial charge in [-0.15, -0.1) is 0 Å². The van der Waals surface area contributed by atoms with Gasteiger partial charge in [0.05, 0.1) is 17.2 Å². The Kier molecular flexibility index (Phi) is 5.11. The molecular weight excluding hydrogens is 420 g/mol. The van der Waals surface area contributed by atoms with Crippen molar-refractivity contribution in [3.8, 4) is 0 Å². The van der Waals surface area contributed by atoms with Crippen molar-refractivity contribution in [1.82, 2.24) is 25.4 Å². The van der Waals surface area contributed by atoms with E-state index < -0.39 is 5.41 Å². The van der Waals surface area contributed by atoms with E-state index in [0.717, 1.165) is 22.2 Å². The summed E-state index contributed by atoms with van der Waals surface area (Å²) in [6.07, 6.45) is 4.23. The van der Waals surface area contributed by atoms with Crippen molar-refractivity contribution in [2.75, 3.05) is 31.1 Å². The highest BCUT2D eigenvalue weighted by Gasteiger charge is 2.53. The number of benzene rings is 1. The van der Waals surface area contributed by atoms with Crippen LogP contribution in [0.3, 0.4) is 0 Å². The lowest BCUT2D eigenvalue weighted by molar-refractivity contribution is -0.127. The Hall–Kier alpha value is -3.75. The third kappa shape index (κ3) is 3.35. The minimum absolute atomic E-state index is 0.00387. The number of rotatable bonds is 4. The number of pyridine rings is 1. The number of likely N-dealkylation sites (tertiary alicyclic amines) is 1. The number of aryl methyl sites for hydroxylation is 1. The summed E-state index contributed by atoms with van der Waals surface area (Å²) < 4.78 is 0.